The quantitative estimate of drug-likeness (QED) is 0.505. The smallest absolute Gasteiger partial charge is 0.308 e. The second kappa shape index (κ2) is 6.81. The highest BCUT2D eigenvalue weighted by Crippen LogP contribution is 2.24. The number of hydrogen-bond acceptors (Lipinski definition) is 4. The van der Waals surface area contributed by atoms with Crippen LogP contribution in [0.1, 0.15) is 44.3 Å². The van der Waals surface area contributed by atoms with E-state index in [1.807, 2.05) is 18.2 Å². The Kier molecular flexibility index (Phi) is 4.61. The molecule has 1 fully saturated rings. The summed E-state index contributed by atoms with van der Waals surface area (Å²) in [5.41, 5.74) is 8.35. The fourth-order valence-corrected chi connectivity index (χ4v) is 3.07. The zero-order valence-corrected chi connectivity index (χ0v) is 12.8. The van der Waals surface area contributed by atoms with Crippen molar-refractivity contribution in [2.75, 3.05) is 12.3 Å². The van der Waals surface area contributed by atoms with Gasteiger partial charge in [-0.05, 0) is 37.5 Å². The summed E-state index contributed by atoms with van der Waals surface area (Å²) >= 11 is 0. The zero-order valence-electron chi connectivity index (χ0n) is 12.8. The minimum Gasteiger partial charge on any atom is -0.465 e. The molecule has 0 spiro atoms. The number of hydrogen-bond donors (Lipinski definition) is 2. The molecule has 0 amide bonds. The minimum atomic E-state index is -0.0166. The molecule has 1 aromatic heterocycles. The van der Waals surface area contributed by atoms with Gasteiger partial charge in [-0.15, -0.1) is 0 Å². The Morgan fingerprint density at radius 1 is 1.32 bits per heavy atom. The number of aromatic nitrogens is 2. The third-order valence-electron chi connectivity index (χ3n) is 4.30. The van der Waals surface area contributed by atoms with Crippen molar-refractivity contribution in [2.24, 2.45) is 5.92 Å². The molecule has 0 saturated heterocycles. The third-order valence-corrected chi connectivity index (χ3v) is 4.30. The van der Waals surface area contributed by atoms with Crippen LogP contribution >= 0.6 is 0 Å². The molecule has 118 valence electrons. The molecule has 5 nitrogen and oxygen atoms in total. The van der Waals surface area contributed by atoms with Crippen molar-refractivity contribution in [1.29, 1.82) is 0 Å². The predicted octanol–water partition coefficient (Wildman–Crippen LogP) is 3.20. The number of nitrogens with one attached hydrogen (secondary N) is 1. The molecule has 1 saturated carbocycles. The summed E-state index contributed by atoms with van der Waals surface area (Å²) in [6.45, 7) is 0.467. The van der Waals surface area contributed by atoms with Crippen LogP contribution in [0, 0.1) is 5.92 Å². The molecule has 5 heteroatoms. The van der Waals surface area contributed by atoms with E-state index in [1.54, 1.807) is 0 Å². The summed E-state index contributed by atoms with van der Waals surface area (Å²) in [6, 6.07) is 5.64. The number of anilines is 1. The lowest BCUT2D eigenvalue weighted by atomic mass is 9.89. The van der Waals surface area contributed by atoms with E-state index in [9.17, 15) is 4.79 Å². The van der Waals surface area contributed by atoms with Crippen LogP contribution in [0.15, 0.2) is 18.2 Å². The fraction of sp³-hybridized carbons (Fsp3) is 0.529. The van der Waals surface area contributed by atoms with Gasteiger partial charge < -0.3 is 15.5 Å². The highest BCUT2D eigenvalue weighted by atomic mass is 16.5. The van der Waals surface area contributed by atoms with Gasteiger partial charge >= 0.3 is 5.97 Å². The lowest BCUT2D eigenvalue weighted by Crippen LogP contribution is -2.20. The summed E-state index contributed by atoms with van der Waals surface area (Å²) in [7, 11) is 0. The summed E-state index contributed by atoms with van der Waals surface area (Å²) in [4.78, 5) is 19.7. The van der Waals surface area contributed by atoms with E-state index in [0.29, 0.717) is 6.61 Å². The third kappa shape index (κ3) is 3.59. The van der Waals surface area contributed by atoms with Crippen molar-refractivity contribution < 1.29 is 9.53 Å². The molecule has 0 unspecified atom stereocenters. The van der Waals surface area contributed by atoms with Crippen molar-refractivity contribution in [1.82, 2.24) is 9.97 Å². The van der Waals surface area contributed by atoms with Crippen LogP contribution in [-0.2, 0) is 16.0 Å². The second-order valence-electron chi connectivity index (χ2n) is 6.07. The van der Waals surface area contributed by atoms with Gasteiger partial charge in [0.25, 0.3) is 0 Å². The van der Waals surface area contributed by atoms with E-state index >= 15 is 0 Å². The van der Waals surface area contributed by atoms with Crippen molar-refractivity contribution in [3.05, 3.63) is 24.0 Å². The van der Waals surface area contributed by atoms with Gasteiger partial charge in [0, 0.05) is 12.1 Å². The van der Waals surface area contributed by atoms with Crippen LogP contribution in [0.2, 0.25) is 0 Å². The normalized spacial score (nSPS) is 16.0. The van der Waals surface area contributed by atoms with Crippen molar-refractivity contribution in [3.63, 3.8) is 0 Å². The number of aryl methyl sites for hydroxylation is 1. The first-order valence-electron chi connectivity index (χ1n) is 8.13. The summed E-state index contributed by atoms with van der Waals surface area (Å²) < 4.78 is 5.40. The molecule has 0 radical (unpaired) electrons. The van der Waals surface area contributed by atoms with E-state index in [1.165, 1.54) is 6.42 Å². The Bertz CT molecular complexity index is 644. The van der Waals surface area contributed by atoms with Gasteiger partial charge in [0.1, 0.15) is 5.82 Å². The minimum absolute atomic E-state index is 0.0166. The highest BCUT2D eigenvalue weighted by molar-refractivity contribution is 5.78. The first-order valence-corrected chi connectivity index (χ1v) is 8.13. The van der Waals surface area contributed by atoms with Gasteiger partial charge in [-0.3, -0.25) is 4.79 Å². The number of nitrogen functional groups attached to an aromatic ring is 1. The summed E-state index contributed by atoms with van der Waals surface area (Å²) in [5, 5.41) is 0. The Morgan fingerprint density at radius 3 is 2.95 bits per heavy atom. The molecule has 3 rings (SSSR count). The Labute approximate surface area is 130 Å². The van der Waals surface area contributed by atoms with Gasteiger partial charge in [0.15, 0.2) is 0 Å². The number of nitrogens with two attached hydrogens (primary N) is 1. The van der Waals surface area contributed by atoms with Gasteiger partial charge in [-0.2, -0.15) is 0 Å². The highest BCUT2D eigenvalue weighted by Gasteiger charge is 2.22. The lowest BCUT2D eigenvalue weighted by molar-refractivity contribution is -0.149. The van der Waals surface area contributed by atoms with E-state index < -0.39 is 0 Å². The SMILES string of the molecule is Nc1ccc2nc(CCCOC(=O)C3CCCCC3)[nH]c2c1. The van der Waals surface area contributed by atoms with Crippen molar-refractivity contribution >= 4 is 22.7 Å². The van der Waals surface area contributed by atoms with E-state index in [4.69, 9.17) is 10.5 Å². The standard InChI is InChI=1S/C17H23N3O2/c18-13-8-9-14-15(11-13)20-16(19-14)7-4-10-22-17(21)12-5-2-1-3-6-12/h8-9,11-12H,1-7,10,18H2,(H,19,20). The monoisotopic (exact) mass is 301 g/mol. The van der Waals surface area contributed by atoms with Crippen LogP contribution in [0.25, 0.3) is 11.0 Å². The van der Waals surface area contributed by atoms with Crippen LogP contribution < -0.4 is 5.73 Å². The number of H-pyrrole nitrogens is 1. The van der Waals surface area contributed by atoms with Crippen LogP contribution in [0.3, 0.4) is 0 Å². The zero-order chi connectivity index (χ0) is 15.4. The molecule has 0 aliphatic heterocycles. The van der Waals surface area contributed by atoms with E-state index in [2.05, 4.69) is 9.97 Å². The van der Waals surface area contributed by atoms with Crippen LogP contribution in [0.4, 0.5) is 5.69 Å². The summed E-state index contributed by atoms with van der Waals surface area (Å²) in [6.07, 6.45) is 7.10. The molecule has 1 aromatic carbocycles. The van der Waals surface area contributed by atoms with Gasteiger partial charge in [-0.25, -0.2) is 4.98 Å². The van der Waals surface area contributed by atoms with E-state index in [-0.39, 0.29) is 11.9 Å². The number of carbonyl (C=O) groups excluding carboxylic acids is 1. The van der Waals surface area contributed by atoms with Crippen molar-refractivity contribution in [3.8, 4) is 0 Å². The van der Waals surface area contributed by atoms with Gasteiger partial charge in [0.2, 0.25) is 0 Å². The molecule has 1 aliphatic rings. The largest absolute Gasteiger partial charge is 0.465 e. The van der Waals surface area contributed by atoms with Crippen LogP contribution in [-0.4, -0.2) is 22.5 Å². The Hall–Kier alpha value is -2.04. The molecule has 0 bridgehead atoms. The number of ether oxygens (including phenoxy) is 1. The molecule has 3 N–H and O–H groups in total. The second-order valence-corrected chi connectivity index (χ2v) is 6.07. The number of carbonyl (C=O) groups is 1. The number of fused-ring (bicyclic) bond motifs is 1. The first kappa shape index (κ1) is 14.9. The number of nitrogens with zero attached hydrogens (tertiary/aromatic N) is 1. The number of esters is 1. The molecular formula is C17H23N3O2. The Balaban J connectivity index is 1.44. The fourth-order valence-electron chi connectivity index (χ4n) is 3.07. The molecule has 22 heavy (non-hydrogen) atoms. The summed E-state index contributed by atoms with van der Waals surface area (Å²) in [5.74, 6) is 1.02. The average Bonchev–Trinajstić information content (AvgIpc) is 2.94. The van der Waals surface area contributed by atoms with Crippen molar-refractivity contribution in [2.45, 2.75) is 44.9 Å². The topological polar surface area (TPSA) is 81.0 Å². The number of benzene rings is 1. The van der Waals surface area contributed by atoms with Gasteiger partial charge in [0.05, 0.1) is 23.6 Å². The first-order chi connectivity index (χ1) is 10.7. The van der Waals surface area contributed by atoms with Crippen LogP contribution in [0.5, 0.6) is 0 Å². The molecule has 2 aromatic rings. The molecular weight excluding hydrogens is 278 g/mol. The molecule has 0 atom stereocenters. The number of imidazole rings is 1. The van der Waals surface area contributed by atoms with Gasteiger partial charge in [-0.1, -0.05) is 19.3 Å². The maximum Gasteiger partial charge on any atom is 0.308 e. The molecule has 1 heterocycles. The average molecular weight is 301 g/mol. The Morgan fingerprint density at radius 2 is 2.14 bits per heavy atom. The maximum atomic E-state index is 11.9. The van der Waals surface area contributed by atoms with E-state index in [0.717, 1.165) is 61.1 Å². The predicted molar refractivity (Wildman–Crippen MR) is 86.4 cm³/mol. The number of aromatic amines is 1. The molecule has 1 aliphatic carbocycles. The maximum absolute atomic E-state index is 11.9. The number of rotatable bonds is 5. The lowest BCUT2D eigenvalue weighted by Gasteiger charge is -2.19.